The Bertz CT molecular complexity index is 4430. The minimum atomic E-state index is -0.181. The molecule has 0 N–H and O–H groups in total. The van der Waals surface area contributed by atoms with Gasteiger partial charge in [0.15, 0.2) is 5.58 Å². The molecular weight excluding hydrogens is 849 g/mol. The van der Waals surface area contributed by atoms with Gasteiger partial charge in [-0.05, 0) is 107 Å². The summed E-state index contributed by atoms with van der Waals surface area (Å²) in [6, 6.07) is 75.0. The van der Waals surface area contributed by atoms with Gasteiger partial charge in [-0.25, -0.2) is 0 Å². The number of furan rings is 2. The molecule has 0 radical (unpaired) electrons. The first-order chi connectivity index (χ1) is 33.5. The van der Waals surface area contributed by atoms with E-state index in [4.69, 9.17) is 8.83 Å². The van der Waals surface area contributed by atoms with Gasteiger partial charge in [0.25, 0.3) is 0 Å². The summed E-state index contributed by atoms with van der Waals surface area (Å²) in [6.07, 6.45) is 0. The van der Waals surface area contributed by atoms with E-state index in [1.54, 1.807) is 0 Å². The fourth-order valence-electron chi connectivity index (χ4n) is 11.7. The van der Waals surface area contributed by atoms with Crippen molar-refractivity contribution in [3.8, 4) is 27.9 Å². The molecule has 0 fully saturated rings. The van der Waals surface area contributed by atoms with Gasteiger partial charge in [-0.15, -0.1) is 11.3 Å². The first-order valence-corrected chi connectivity index (χ1v) is 24.1. The van der Waals surface area contributed by atoms with Crippen LogP contribution in [-0.4, -0.2) is 4.57 Å². The zero-order valence-corrected chi connectivity index (χ0v) is 38.1. The number of hydrogen-bond donors (Lipinski definition) is 0. The van der Waals surface area contributed by atoms with Gasteiger partial charge in [0.05, 0.1) is 33.5 Å². The topological polar surface area (TPSA) is 34.5 Å². The molecule has 0 saturated heterocycles. The van der Waals surface area contributed by atoms with E-state index in [0.717, 1.165) is 77.8 Å². The molecule has 68 heavy (non-hydrogen) atoms. The molecule has 0 aliphatic heterocycles. The van der Waals surface area contributed by atoms with E-state index in [1.165, 1.54) is 64.2 Å². The highest BCUT2D eigenvalue weighted by molar-refractivity contribution is 7.26. The molecule has 15 rings (SSSR count). The number of thiophene rings is 1. The van der Waals surface area contributed by atoms with E-state index in [9.17, 15) is 0 Å². The molecule has 320 valence electrons. The maximum absolute atomic E-state index is 6.87. The highest BCUT2D eigenvalue weighted by atomic mass is 32.1. The van der Waals surface area contributed by atoms with Gasteiger partial charge in [-0.1, -0.05) is 141 Å². The van der Waals surface area contributed by atoms with Crippen LogP contribution >= 0.6 is 11.3 Å². The van der Waals surface area contributed by atoms with Gasteiger partial charge >= 0.3 is 0 Å². The largest absolute Gasteiger partial charge is 0.456 e. The monoisotopic (exact) mass is 888 g/mol. The zero-order valence-electron chi connectivity index (χ0n) is 37.2. The molecule has 4 aromatic heterocycles. The molecule has 5 heteroatoms. The van der Waals surface area contributed by atoms with E-state index in [0.29, 0.717) is 0 Å². The van der Waals surface area contributed by atoms with Crippen molar-refractivity contribution in [1.82, 2.24) is 4.57 Å². The molecule has 4 nitrogen and oxygen atoms in total. The fraction of sp³-hybridized carbons (Fsp3) is 0.0476. The summed E-state index contributed by atoms with van der Waals surface area (Å²) in [5, 5.41) is 9.42. The Morgan fingerprint density at radius 1 is 0.441 bits per heavy atom. The van der Waals surface area contributed by atoms with Gasteiger partial charge in [-0.2, -0.15) is 0 Å². The van der Waals surface area contributed by atoms with Gasteiger partial charge in [-0.3, -0.25) is 0 Å². The van der Waals surface area contributed by atoms with Crippen molar-refractivity contribution in [3.63, 3.8) is 0 Å². The van der Waals surface area contributed by atoms with Crippen LogP contribution in [0, 0.1) is 0 Å². The molecule has 0 bridgehead atoms. The lowest BCUT2D eigenvalue weighted by Gasteiger charge is -2.29. The Balaban J connectivity index is 0.990. The number of anilines is 3. The number of rotatable bonds is 5. The highest BCUT2D eigenvalue weighted by Gasteiger charge is 2.38. The summed E-state index contributed by atoms with van der Waals surface area (Å²) in [7, 11) is 0. The van der Waals surface area contributed by atoms with Crippen molar-refractivity contribution < 1.29 is 8.83 Å². The summed E-state index contributed by atoms with van der Waals surface area (Å²) in [5.74, 6) is 0. The molecule has 10 aromatic carbocycles. The van der Waals surface area contributed by atoms with Crippen LogP contribution in [0.2, 0.25) is 0 Å². The lowest BCUT2D eigenvalue weighted by molar-refractivity contribution is 0.660. The van der Waals surface area contributed by atoms with E-state index < -0.39 is 0 Å². The van der Waals surface area contributed by atoms with Crippen molar-refractivity contribution >= 4 is 114 Å². The van der Waals surface area contributed by atoms with Crippen LogP contribution in [-0.2, 0) is 5.41 Å². The molecule has 0 unspecified atom stereocenters. The molecule has 0 saturated carbocycles. The second-order valence-electron chi connectivity index (χ2n) is 18.8. The first kappa shape index (κ1) is 37.8. The summed E-state index contributed by atoms with van der Waals surface area (Å²) in [4.78, 5) is 2.44. The number of benzene rings is 10. The normalized spacial score (nSPS) is 13.3. The predicted molar refractivity (Wildman–Crippen MR) is 286 cm³/mol. The molecular formula is C63H40N2O2S. The molecule has 1 aliphatic rings. The van der Waals surface area contributed by atoms with Crippen molar-refractivity contribution in [1.29, 1.82) is 0 Å². The van der Waals surface area contributed by atoms with Gasteiger partial charge in [0, 0.05) is 63.8 Å². The third-order valence-corrected chi connectivity index (χ3v) is 16.0. The Hall–Kier alpha value is -8.38. The minimum Gasteiger partial charge on any atom is -0.456 e. The Morgan fingerprint density at radius 2 is 1.10 bits per heavy atom. The van der Waals surface area contributed by atoms with Crippen molar-refractivity contribution in [3.05, 3.63) is 217 Å². The minimum absolute atomic E-state index is 0.181. The molecule has 0 spiro atoms. The second-order valence-corrected chi connectivity index (χ2v) is 19.8. The van der Waals surface area contributed by atoms with Crippen LogP contribution in [0.5, 0.6) is 0 Å². The lowest BCUT2D eigenvalue weighted by Crippen LogP contribution is -2.16. The average Bonchev–Trinajstić information content (AvgIpc) is 4.19. The lowest BCUT2D eigenvalue weighted by atomic mass is 9.82. The Labute approximate surface area is 395 Å². The number of nitrogens with zero attached hydrogens (tertiary/aromatic N) is 2. The Kier molecular flexibility index (Phi) is 7.69. The van der Waals surface area contributed by atoms with Crippen LogP contribution in [0.1, 0.15) is 25.0 Å². The number of hydrogen-bond acceptors (Lipinski definition) is 4. The van der Waals surface area contributed by atoms with Crippen molar-refractivity contribution in [2.24, 2.45) is 0 Å². The third-order valence-electron chi connectivity index (χ3n) is 14.8. The van der Waals surface area contributed by atoms with Crippen molar-refractivity contribution in [2.45, 2.75) is 19.3 Å². The van der Waals surface area contributed by atoms with Crippen LogP contribution < -0.4 is 4.90 Å². The van der Waals surface area contributed by atoms with Crippen LogP contribution in [0.3, 0.4) is 0 Å². The quantitative estimate of drug-likeness (QED) is 0.173. The smallest absolute Gasteiger partial charge is 0.159 e. The number of fused-ring (bicyclic) bond motifs is 16. The number of para-hydroxylation sites is 3. The second kappa shape index (κ2) is 13.8. The maximum atomic E-state index is 6.87. The van der Waals surface area contributed by atoms with Gasteiger partial charge in [0.1, 0.15) is 16.7 Å². The van der Waals surface area contributed by atoms with Crippen LogP contribution in [0.4, 0.5) is 17.1 Å². The van der Waals surface area contributed by atoms with E-state index in [1.807, 2.05) is 17.4 Å². The summed E-state index contributed by atoms with van der Waals surface area (Å²) in [6.45, 7) is 4.69. The van der Waals surface area contributed by atoms with E-state index in [2.05, 4.69) is 224 Å². The fourth-order valence-corrected chi connectivity index (χ4v) is 13.0. The van der Waals surface area contributed by atoms with Gasteiger partial charge < -0.3 is 18.3 Å². The van der Waals surface area contributed by atoms with E-state index >= 15 is 0 Å². The van der Waals surface area contributed by atoms with Crippen LogP contribution in [0.15, 0.2) is 215 Å². The predicted octanol–water partition coefficient (Wildman–Crippen LogP) is 18.4. The molecule has 4 heterocycles. The van der Waals surface area contributed by atoms with Crippen molar-refractivity contribution in [2.75, 3.05) is 4.90 Å². The Morgan fingerprint density at radius 3 is 2.01 bits per heavy atom. The average molecular weight is 889 g/mol. The molecule has 1 aliphatic carbocycles. The first-order valence-electron chi connectivity index (χ1n) is 23.3. The van der Waals surface area contributed by atoms with E-state index in [-0.39, 0.29) is 5.41 Å². The standard InChI is InChI=1S/C63H40N2O2S/c1-63(2)47-21-9-6-19-44(47)58-48(63)22-13-23-50(58)65(53-25-12-20-42-40-17-7-10-26-54(40)67-61(42)53)51-24-14-27-56-59(51)46-36-38(30-34-55(46)66-56)37-29-32-49-45(35-37)60-52(64(49)39-15-4-3-5-16-39)33-31-43-41-18-8-11-28-57(41)68-62(43)60/h3-36H,1-2H3. The zero-order chi connectivity index (χ0) is 44.8. The van der Waals surface area contributed by atoms with Gasteiger partial charge in [0.2, 0.25) is 0 Å². The van der Waals surface area contributed by atoms with Crippen LogP contribution in [0.25, 0.3) is 114 Å². The third kappa shape index (κ3) is 5.14. The number of aromatic nitrogens is 1. The summed E-state index contributed by atoms with van der Waals surface area (Å²) < 4.78 is 18.7. The molecule has 0 atom stereocenters. The summed E-state index contributed by atoms with van der Waals surface area (Å²) in [5.41, 5.74) is 17.3. The summed E-state index contributed by atoms with van der Waals surface area (Å²) >= 11 is 1.89. The maximum Gasteiger partial charge on any atom is 0.159 e. The highest BCUT2D eigenvalue weighted by Crippen LogP contribution is 2.56. The molecule has 0 amide bonds. The SMILES string of the molecule is CC1(C)c2ccccc2-c2c(N(c3cccc4c3oc3ccccc34)c3cccc4oc5ccc(-c6ccc7c(c6)c6c8sc9ccccc9c8ccc6n7-c6ccccc6)cc5c34)cccc21. The molecule has 14 aromatic rings.